The Kier molecular flexibility index (Phi) is 2.66. The standard InChI is InChI=1S/C12H16ClN5/c1-7(2)12(3-4-12)5-14-9-8-10(16-6-15-8)18-11(13)17-9/h6-7H,3-5H2,1-2H3,(H2,14,15,16,17,18). The van der Waals surface area contributed by atoms with Gasteiger partial charge >= 0.3 is 0 Å². The second kappa shape index (κ2) is 4.09. The first-order valence-corrected chi connectivity index (χ1v) is 6.59. The predicted molar refractivity (Wildman–Crippen MR) is 71.7 cm³/mol. The molecule has 0 radical (unpaired) electrons. The first-order valence-electron chi connectivity index (χ1n) is 6.21. The average molecular weight is 266 g/mol. The van der Waals surface area contributed by atoms with Gasteiger partial charge in [-0.25, -0.2) is 4.98 Å². The molecule has 0 aromatic carbocycles. The second-order valence-corrected chi connectivity index (χ2v) is 5.65. The molecule has 0 atom stereocenters. The Morgan fingerprint density at radius 2 is 2.22 bits per heavy atom. The Morgan fingerprint density at radius 3 is 2.89 bits per heavy atom. The van der Waals surface area contributed by atoms with Gasteiger partial charge in [0.2, 0.25) is 5.28 Å². The summed E-state index contributed by atoms with van der Waals surface area (Å²) in [7, 11) is 0. The molecule has 1 aliphatic carbocycles. The summed E-state index contributed by atoms with van der Waals surface area (Å²) in [5, 5.41) is 3.62. The van der Waals surface area contributed by atoms with Crippen molar-refractivity contribution in [3.05, 3.63) is 11.6 Å². The Bertz CT molecular complexity index is 573. The van der Waals surface area contributed by atoms with Gasteiger partial charge in [0, 0.05) is 6.54 Å². The Morgan fingerprint density at radius 1 is 1.44 bits per heavy atom. The topological polar surface area (TPSA) is 66.5 Å². The molecule has 1 saturated carbocycles. The molecular formula is C12H16ClN5. The first-order chi connectivity index (χ1) is 8.61. The van der Waals surface area contributed by atoms with Crippen molar-refractivity contribution in [3.63, 3.8) is 0 Å². The van der Waals surface area contributed by atoms with Crippen molar-refractivity contribution < 1.29 is 0 Å². The van der Waals surface area contributed by atoms with E-state index < -0.39 is 0 Å². The molecule has 0 spiro atoms. The maximum atomic E-state index is 5.89. The molecule has 0 unspecified atom stereocenters. The van der Waals surface area contributed by atoms with Crippen LogP contribution in [0.4, 0.5) is 5.82 Å². The number of nitrogens with one attached hydrogen (secondary N) is 2. The van der Waals surface area contributed by atoms with Crippen molar-refractivity contribution in [1.29, 1.82) is 0 Å². The van der Waals surface area contributed by atoms with Crippen molar-refractivity contribution in [2.45, 2.75) is 26.7 Å². The summed E-state index contributed by atoms with van der Waals surface area (Å²) in [5.41, 5.74) is 1.84. The molecule has 1 aliphatic rings. The van der Waals surface area contributed by atoms with Crippen LogP contribution in [-0.2, 0) is 0 Å². The summed E-state index contributed by atoms with van der Waals surface area (Å²) in [6.45, 7) is 5.47. The van der Waals surface area contributed by atoms with Crippen molar-refractivity contribution in [1.82, 2.24) is 19.9 Å². The molecule has 0 amide bonds. The van der Waals surface area contributed by atoms with Crippen molar-refractivity contribution >= 4 is 28.6 Å². The van der Waals surface area contributed by atoms with Crippen molar-refractivity contribution in [2.24, 2.45) is 11.3 Å². The smallest absolute Gasteiger partial charge is 0.226 e. The lowest BCUT2D eigenvalue weighted by Gasteiger charge is -2.20. The number of hydrogen-bond acceptors (Lipinski definition) is 4. The number of halogens is 1. The molecule has 2 N–H and O–H groups in total. The van der Waals surface area contributed by atoms with Crippen LogP contribution in [0.25, 0.3) is 11.2 Å². The van der Waals surface area contributed by atoms with Gasteiger partial charge in [0.25, 0.3) is 0 Å². The highest BCUT2D eigenvalue weighted by Crippen LogP contribution is 2.51. The van der Waals surface area contributed by atoms with E-state index in [2.05, 4.69) is 39.1 Å². The fourth-order valence-electron chi connectivity index (χ4n) is 2.31. The minimum Gasteiger partial charge on any atom is -0.368 e. The number of H-pyrrole nitrogens is 1. The third-order valence-electron chi connectivity index (χ3n) is 3.98. The monoisotopic (exact) mass is 265 g/mol. The number of rotatable bonds is 4. The normalized spacial score (nSPS) is 17.3. The summed E-state index contributed by atoms with van der Waals surface area (Å²) in [5.74, 6) is 1.42. The fraction of sp³-hybridized carbons (Fsp3) is 0.583. The number of hydrogen-bond donors (Lipinski definition) is 2. The molecule has 6 heteroatoms. The number of anilines is 1. The zero-order valence-corrected chi connectivity index (χ0v) is 11.3. The van der Waals surface area contributed by atoms with Gasteiger partial charge in [0.1, 0.15) is 5.52 Å². The van der Waals surface area contributed by atoms with E-state index in [4.69, 9.17) is 11.6 Å². The molecular weight excluding hydrogens is 250 g/mol. The van der Waals surface area contributed by atoms with Gasteiger partial charge < -0.3 is 10.3 Å². The highest BCUT2D eigenvalue weighted by molar-refractivity contribution is 6.28. The maximum Gasteiger partial charge on any atom is 0.226 e. The predicted octanol–water partition coefficient (Wildman–Crippen LogP) is 2.85. The zero-order valence-electron chi connectivity index (χ0n) is 10.5. The molecule has 2 heterocycles. The molecule has 18 heavy (non-hydrogen) atoms. The molecule has 0 saturated heterocycles. The van der Waals surface area contributed by atoms with Crippen molar-refractivity contribution in [2.75, 3.05) is 11.9 Å². The summed E-state index contributed by atoms with van der Waals surface area (Å²) in [6, 6.07) is 0. The van der Waals surface area contributed by atoms with E-state index in [1.165, 1.54) is 12.8 Å². The van der Waals surface area contributed by atoms with Crippen LogP contribution < -0.4 is 5.32 Å². The van der Waals surface area contributed by atoms with Crippen LogP contribution in [0.1, 0.15) is 26.7 Å². The van der Waals surface area contributed by atoms with E-state index in [1.807, 2.05) is 0 Å². The van der Waals surface area contributed by atoms with E-state index >= 15 is 0 Å². The molecule has 1 fully saturated rings. The highest BCUT2D eigenvalue weighted by Gasteiger charge is 2.45. The minimum atomic E-state index is 0.228. The quantitative estimate of drug-likeness (QED) is 0.835. The lowest BCUT2D eigenvalue weighted by molar-refractivity contribution is 0.380. The molecule has 0 bridgehead atoms. The molecule has 2 aromatic rings. The van der Waals surface area contributed by atoms with E-state index in [9.17, 15) is 0 Å². The van der Waals surface area contributed by atoms with Crippen LogP contribution in [0.2, 0.25) is 5.28 Å². The van der Waals surface area contributed by atoms with Crippen molar-refractivity contribution in [3.8, 4) is 0 Å². The van der Waals surface area contributed by atoms with Gasteiger partial charge in [-0.3, -0.25) is 0 Å². The largest absolute Gasteiger partial charge is 0.368 e. The lowest BCUT2D eigenvalue weighted by atomic mass is 9.92. The van der Waals surface area contributed by atoms with E-state index in [-0.39, 0.29) is 5.28 Å². The summed E-state index contributed by atoms with van der Waals surface area (Å²) in [4.78, 5) is 15.4. The number of fused-ring (bicyclic) bond motifs is 1. The average Bonchev–Trinajstić information content (AvgIpc) is 2.98. The summed E-state index contributed by atoms with van der Waals surface area (Å²) in [6.07, 6.45) is 4.17. The van der Waals surface area contributed by atoms with Gasteiger partial charge in [0.15, 0.2) is 11.5 Å². The summed E-state index contributed by atoms with van der Waals surface area (Å²) < 4.78 is 0. The highest BCUT2D eigenvalue weighted by atomic mass is 35.5. The third-order valence-corrected chi connectivity index (χ3v) is 4.15. The van der Waals surface area contributed by atoms with Gasteiger partial charge in [-0.2, -0.15) is 9.97 Å². The fourth-order valence-corrected chi connectivity index (χ4v) is 2.48. The summed E-state index contributed by atoms with van der Waals surface area (Å²) >= 11 is 5.89. The van der Waals surface area contributed by atoms with Crippen LogP contribution in [0, 0.1) is 11.3 Å². The molecule has 3 rings (SSSR count). The minimum absolute atomic E-state index is 0.228. The number of aromatic amines is 1. The van der Waals surface area contributed by atoms with Crippen LogP contribution in [0.3, 0.4) is 0 Å². The number of imidazole rings is 1. The lowest BCUT2D eigenvalue weighted by Crippen LogP contribution is -2.21. The van der Waals surface area contributed by atoms with E-state index in [1.54, 1.807) is 6.33 Å². The van der Waals surface area contributed by atoms with E-state index in [0.29, 0.717) is 17.0 Å². The molecule has 96 valence electrons. The van der Waals surface area contributed by atoms with Crippen LogP contribution in [0.15, 0.2) is 6.33 Å². The third kappa shape index (κ3) is 1.92. The number of aromatic nitrogens is 4. The van der Waals surface area contributed by atoms with Gasteiger partial charge in [-0.15, -0.1) is 0 Å². The van der Waals surface area contributed by atoms with E-state index in [0.717, 1.165) is 17.9 Å². The maximum absolute atomic E-state index is 5.89. The Hall–Kier alpha value is -1.36. The Labute approximate surface area is 110 Å². The molecule has 2 aromatic heterocycles. The van der Waals surface area contributed by atoms with Crippen LogP contribution >= 0.6 is 11.6 Å². The second-order valence-electron chi connectivity index (χ2n) is 5.31. The Balaban J connectivity index is 1.84. The number of nitrogens with zero attached hydrogens (tertiary/aromatic N) is 3. The molecule has 5 nitrogen and oxygen atoms in total. The van der Waals surface area contributed by atoms with Gasteiger partial charge in [-0.1, -0.05) is 13.8 Å². The molecule has 0 aliphatic heterocycles. The zero-order chi connectivity index (χ0) is 12.8. The first kappa shape index (κ1) is 11.7. The SMILES string of the molecule is CC(C)C1(CNc2nc(Cl)nc3nc[nH]c23)CC1. The van der Waals surface area contributed by atoms with Gasteiger partial charge in [0.05, 0.1) is 6.33 Å². The van der Waals surface area contributed by atoms with Crippen LogP contribution in [0.5, 0.6) is 0 Å². The van der Waals surface area contributed by atoms with Crippen LogP contribution in [-0.4, -0.2) is 26.5 Å². The van der Waals surface area contributed by atoms with Gasteiger partial charge in [-0.05, 0) is 35.8 Å².